The van der Waals surface area contributed by atoms with Gasteiger partial charge in [0.05, 0.1) is 32.2 Å². The van der Waals surface area contributed by atoms with Gasteiger partial charge in [0, 0.05) is 11.6 Å². The normalized spacial score (nSPS) is 13.3. The third-order valence-electron chi connectivity index (χ3n) is 4.36. The van der Waals surface area contributed by atoms with Crippen molar-refractivity contribution in [1.82, 2.24) is 5.32 Å². The molecule has 0 aliphatic carbocycles. The van der Waals surface area contributed by atoms with E-state index >= 15 is 0 Å². The van der Waals surface area contributed by atoms with Crippen molar-refractivity contribution in [2.75, 3.05) is 24.8 Å². The molecule has 0 aromatic heterocycles. The minimum Gasteiger partial charge on any atom is -0.497 e. The highest BCUT2D eigenvalue weighted by Crippen LogP contribution is 2.27. The summed E-state index contributed by atoms with van der Waals surface area (Å²) in [7, 11) is -0.653. The van der Waals surface area contributed by atoms with Crippen LogP contribution in [-0.2, 0) is 14.8 Å². The fraction of sp³-hybridized carbons (Fsp3) is 0.350. The van der Waals surface area contributed by atoms with Gasteiger partial charge in [-0.1, -0.05) is 24.3 Å². The minimum absolute atomic E-state index is 0.356. The molecular weight excluding hydrogens is 380 g/mol. The third kappa shape index (κ3) is 4.95. The Morgan fingerprint density at radius 1 is 1.04 bits per heavy atom. The molecular formula is C20H26N2O5S. The van der Waals surface area contributed by atoms with Crippen LogP contribution in [0.1, 0.15) is 25.5 Å². The van der Waals surface area contributed by atoms with Gasteiger partial charge in [0.15, 0.2) is 0 Å². The summed E-state index contributed by atoms with van der Waals surface area (Å²) in [5.74, 6) is 0.725. The highest BCUT2D eigenvalue weighted by molar-refractivity contribution is 7.92. The molecule has 0 spiro atoms. The summed E-state index contributed by atoms with van der Waals surface area (Å²) < 4.78 is 36.4. The van der Waals surface area contributed by atoms with Gasteiger partial charge in [-0.05, 0) is 32.0 Å². The van der Waals surface area contributed by atoms with Crippen LogP contribution in [0.5, 0.6) is 11.5 Å². The maximum absolute atomic E-state index is 12.9. The minimum atomic E-state index is -3.71. The maximum atomic E-state index is 12.9. The lowest BCUT2D eigenvalue weighted by Crippen LogP contribution is -2.48. The second-order valence-corrected chi connectivity index (χ2v) is 8.27. The number of methoxy groups -OCH3 is 2. The summed E-state index contributed by atoms with van der Waals surface area (Å²) in [6, 6.07) is 12.6. The first-order valence-corrected chi connectivity index (χ1v) is 10.6. The van der Waals surface area contributed by atoms with Gasteiger partial charge in [-0.25, -0.2) is 8.42 Å². The number of hydrogen-bond acceptors (Lipinski definition) is 5. The van der Waals surface area contributed by atoms with Crippen LogP contribution in [0, 0.1) is 0 Å². The quantitative estimate of drug-likeness (QED) is 0.729. The van der Waals surface area contributed by atoms with Gasteiger partial charge in [0.1, 0.15) is 17.5 Å². The van der Waals surface area contributed by atoms with E-state index in [-0.39, 0.29) is 6.04 Å². The van der Waals surface area contributed by atoms with E-state index in [1.807, 2.05) is 25.1 Å². The zero-order valence-electron chi connectivity index (χ0n) is 16.7. The number of nitrogens with zero attached hydrogens (tertiary/aromatic N) is 1. The Labute approximate surface area is 166 Å². The predicted molar refractivity (Wildman–Crippen MR) is 109 cm³/mol. The molecule has 0 aliphatic heterocycles. The molecule has 28 heavy (non-hydrogen) atoms. The Morgan fingerprint density at radius 2 is 1.71 bits per heavy atom. The van der Waals surface area contributed by atoms with Crippen LogP contribution in [0.3, 0.4) is 0 Å². The molecule has 0 aliphatic rings. The van der Waals surface area contributed by atoms with Gasteiger partial charge >= 0.3 is 0 Å². The van der Waals surface area contributed by atoms with E-state index in [4.69, 9.17) is 9.47 Å². The Hall–Kier alpha value is -2.74. The summed E-state index contributed by atoms with van der Waals surface area (Å²) in [4.78, 5) is 12.9. The highest BCUT2D eigenvalue weighted by Gasteiger charge is 2.30. The Balaban J connectivity index is 2.29. The SMILES string of the molecule is COc1cccc(N([C@@H](C)C(=O)N[C@@H](C)c2ccccc2OC)S(C)(=O)=O)c1. The molecule has 2 atom stereocenters. The van der Waals surface area contributed by atoms with E-state index in [1.165, 1.54) is 7.11 Å². The van der Waals surface area contributed by atoms with Crippen molar-refractivity contribution >= 4 is 21.6 Å². The molecule has 7 nitrogen and oxygen atoms in total. The Bertz CT molecular complexity index is 930. The first kappa shape index (κ1) is 21.6. The maximum Gasteiger partial charge on any atom is 0.244 e. The van der Waals surface area contributed by atoms with E-state index in [9.17, 15) is 13.2 Å². The Kier molecular flexibility index (Phi) is 6.90. The number of ether oxygens (including phenoxy) is 2. The number of hydrogen-bond donors (Lipinski definition) is 1. The molecule has 0 radical (unpaired) electrons. The predicted octanol–water partition coefficient (Wildman–Crippen LogP) is 2.74. The molecule has 2 aromatic rings. The summed E-state index contributed by atoms with van der Waals surface area (Å²) in [5, 5.41) is 2.87. The van der Waals surface area contributed by atoms with Crippen LogP contribution in [0.15, 0.2) is 48.5 Å². The second kappa shape index (κ2) is 8.97. The third-order valence-corrected chi connectivity index (χ3v) is 5.60. The van der Waals surface area contributed by atoms with Crippen molar-refractivity contribution in [3.05, 3.63) is 54.1 Å². The van der Waals surface area contributed by atoms with Crippen LogP contribution in [-0.4, -0.2) is 40.8 Å². The van der Waals surface area contributed by atoms with Crippen LogP contribution in [0.4, 0.5) is 5.69 Å². The number of anilines is 1. The molecule has 2 aromatic carbocycles. The van der Waals surface area contributed by atoms with Crippen molar-refractivity contribution < 1.29 is 22.7 Å². The van der Waals surface area contributed by atoms with Crippen molar-refractivity contribution in [2.24, 2.45) is 0 Å². The number of amides is 1. The van der Waals surface area contributed by atoms with Gasteiger partial charge < -0.3 is 14.8 Å². The van der Waals surface area contributed by atoms with Crippen LogP contribution in [0.25, 0.3) is 0 Å². The number of benzene rings is 2. The average Bonchev–Trinajstić information content (AvgIpc) is 2.66. The zero-order valence-corrected chi connectivity index (χ0v) is 17.5. The van der Waals surface area contributed by atoms with Crippen molar-refractivity contribution in [3.63, 3.8) is 0 Å². The summed E-state index contributed by atoms with van der Waals surface area (Å²) in [5.41, 5.74) is 1.16. The molecule has 0 unspecified atom stereocenters. The number of para-hydroxylation sites is 1. The number of rotatable bonds is 8. The van der Waals surface area contributed by atoms with E-state index in [1.54, 1.807) is 44.4 Å². The molecule has 1 amide bonds. The molecule has 0 fully saturated rings. The molecule has 0 heterocycles. The average molecular weight is 407 g/mol. The van der Waals surface area contributed by atoms with Crippen molar-refractivity contribution in [3.8, 4) is 11.5 Å². The highest BCUT2D eigenvalue weighted by atomic mass is 32.2. The van der Waals surface area contributed by atoms with Crippen LogP contribution < -0.4 is 19.1 Å². The van der Waals surface area contributed by atoms with Gasteiger partial charge in [-0.15, -0.1) is 0 Å². The summed E-state index contributed by atoms with van der Waals surface area (Å²) in [6.07, 6.45) is 1.07. The number of carbonyl (C=O) groups is 1. The molecule has 8 heteroatoms. The van der Waals surface area contributed by atoms with Gasteiger partial charge in [-0.3, -0.25) is 9.10 Å². The molecule has 0 saturated heterocycles. The van der Waals surface area contributed by atoms with Crippen molar-refractivity contribution in [1.29, 1.82) is 0 Å². The lowest BCUT2D eigenvalue weighted by Gasteiger charge is -2.29. The van der Waals surface area contributed by atoms with E-state index in [0.717, 1.165) is 16.1 Å². The van der Waals surface area contributed by atoms with Crippen molar-refractivity contribution in [2.45, 2.75) is 25.9 Å². The largest absolute Gasteiger partial charge is 0.497 e. The number of carbonyl (C=O) groups excluding carboxylic acids is 1. The van der Waals surface area contributed by atoms with Gasteiger partial charge in [0.2, 0.25) is 15.9 Å². The van der Waals surface area contributed by atoms with Crippen LogP contribution >= 0.6 is 0 Å². The van der Waals surface area contributed by atoms with Gasteiger partial charge in [0.25, 0.3) is 0 Å². The topological polar surface area (TPSA) is 84.9 Å². The number of sulfonamides is 1. The van der Waals surface area contributed by atoms with Crippen LogP contribution in [0.2, 0.25) is 0 Å². The monoisotopic (exact) mass is 406 g/mol. The van der Waals surface area contributed by atoms with Gasteiger partial charge in [-0.2, -0.15) is 0 Å². The fourth-order valence-electron chi connectivity index (χ4n) is 2.99. The molecule has 0 saturated carbocycles. The first-order chi connectivity index (χ1) is 13.2. The molecule has 152 valence electrons. The number of nitrogens with one attached hydrogen (secondary N) is 1. The fourth-order valence-corrected chi connectivity index (χ4v) is 4.16. The molecule has 0 bridgehead atoms. The summed E-state index contributed by atoms with van der Waals surface area (Å²) >= 11 is 0. The smallest absolute Gasteiger partial charge is 0.244 e. The summed E-state index contributed by atoms with van der Waals surface area (Å²) in [6.45, 7) is 3.36. The van der Waals surface area contributed by atoms with E-state index in [0.29, 0.717) is 17.2 Å². The second-order valence-electron chi connectivity index (χ2n) is 6.41. The first-order valence-electron chi connectivity index (χ1n) is 8.75. The van der Waals surface area contributed by atoms with E-state index in [2.05, 4.69) is 5.32 Å². The molecule has 2 rings (SSSR count). The zero-order chi connectivity index (χ0) is 20.9. The molecule has 1 N–H and O–H groups in total. The lowest BCUT2D eigenvalue weighted by molar-refractivity contribution is -0.122. The standard InChI is InChI=1S/C20H26N2O5S/c1-14(18-11-6-7-12-19(18)27-4)21-20(23)15(2)22(28(5,24)25)16-9-8-10-17(13-16)26-3/h6-15H,1-5H3,(H,21,23)/t14-,15-/m0/s1. The lowest BCUT2D eigenvalue weighted by atomic mass is 10.1. The van der Waals surface area contributed by atoms with E-state index < -0.39 is 22.0 Å². The Morgan fingerprint density at radius 3 is 2.32 bits per heavy atom.